The van der Waals surface area contributed by atoms with E-state index in [4.69, 9.17) is 0 Å². The van der Waals surface area contributed by atoms with Gasteiger partial charge in [0.05, 0.1) is 23.6 Å². The molecule has 6 heteroatoms. The molecule has 0 bridgehead atoms. The van der Waals surface area contributed by atoms with Crippen molar-refractivity contribution in [3.8, 4) is 0 Å². The van der Waals surface area contributed by atoms with Crippen LogP contribution in [-0.4, -0.2) is 35.6 Å². The summed E-state index contributed by atoms with van der Waals surface area (Å²) >= 11 is 1.54. The molecule has 0 saturated heterocycles. The molecular weight excluding hydrogens is 312 g/mol. The van der Waals surface area contributed by atoms with Gasteiger partial charge >= 0.3 is 0 Å². The third-order valence-electron chi connectivity index (χ3n) is 4.86. The van der Waals surface area contributed by atoms with Gasteiger partial charge in [0.15, 0.2) is 0 Å². The van der Waals surface area contributed by atoms with E-state index in [1.807, 2.05) is 13.0 Å². The highest BCUT2D eigenvalue weighted by Gasteiger charge is 2.42. The molecule has 1 saturated carbocycles. The fourth-order valence-corrected chi connectivity index (χ4v) is 4.37. The number of nitrogens with one attached hydrogen (secondary N) is 2. The first-order valence-electron chi connectivity index (χ1n) is 8.33. The SMILES string of the molecule is CC(CO)(NC(=O)CNC(=O)c1cc2c(s1)CCCC2)C1CC1. The lowest BCUT2D eigenvalue weighted by atomic mass is 9.97. The van der Waals surface area contributed by atoms with Crippen LogP contribution >= 0.6 is 11.3 Å². The zero-order chi connectivity index (χ0) is 16.4. The molecule has 5 nitrogen and oxygen atoms in total. The summed E-state index contributed by atoms with van der Waals surface area (Å²) < 4.78 is 0. The quantitative estimate of drug-likeness (QED) is 0.739. The van der Waals surface area contributed by atoms with Crippen molar-refractivity contribution in [1.82, 2.24) is 10.6 Å². The van der Waals surface area contributed by atoms with Gasteiger partial charge in [0.1, 0.15) is 0 Å². The topological polar surface area (TPSA) is 78.4 Å². The van der Waals surface area contributed by atoms with E-state index in [1.165, 1.54) is 23.3 Å². The molecule has 0 spiro atoms. The maximum atomic E-state index is 12.2. The van der Waals surface area contributed by atoms with Gasteiger partial charge in [-0.1, -0.05) is 0 Å². The lowest BCUT2D eigenvalue weighted by Gasteiger charge is -2.28. The standard InChI is InChI=1S/C17H24N2O3S/c1-17(10-20,12-6-7-12)19-15(21)9-18-16(22)14-8-11-4-2-3-5-13(11)23-14/h8,12,20H,2-7,9-10H2,1H3,(H,18,22)(H,19,21). The molecule has 1 unspecified atom stereocenters. The maximum Gasteiger partial charge on any atom is 0.261 e. The molecule has 0 radical (unpaired) electrons. The zero-order valence-corrected chi connectivity index (χ0v) is 14.3. The normalized spacial score (nSPS) is 19.6. The Morgan fingerprint density at radius 3 is 2.74 bits per heavy atom. The monoisotopic (exact) mass is 336 g/mol. The number of aliphatic hydroxyl groups excluding tert-OH is 1. The summed E-state index contributed by atoms with van der Waals surface area (Å²) in [5.74, 6) is -0.0871. The van der Waals surface area contributed by atoms with Gasteiger partial charge in [-0.15, -0.1) is 11.3 Å². The van der Waals surface area contributed by atoms with E-state index in [0.717, 1.165) is 25.7 Å². The number of hydrogen-bond donors (Lipinski definition) is 3. The first-order valence-corrected chi connectivity index (χ1v) is 9.15. The average Bonchev–Trinajstić information content (AvgIpc) is 3.32. The van der Waals surface area contributed by atoms with Crippen molar-refractivity contribution in [3.05, 3.63) is 21.4 Å². The molecule has 2 amide bonds. The minimum absolute atomic E-state index is 0.0519. The molecule has 1 aromatic rings. The van der Waals surface area contributed by atoms with Crippen LogP contribution in [0.4, 0.5) is 0 Å². The fourth-order valence-electron chi connectivity index (χ4n) is 3.20. The van der Waals surface area contributed by atoms with Crippen molar-refractivity contribution in [2.24, 2.45) is 5.92 Å². The lowest BCUT2D eigenvalue weighted by molar-refractivity contribution is -0.122. The van der Waals surface area contributed by atoms with Crippen LogP contribution in [-0.2, 0) is 17.6 Å². The third-order valence-corrected chi connectivity index (χ3v) is 6.10. The van der Waals surface area contributed by atoms with Crippen molar-refractivity contribution >= 4 is 23.2 Å². The van der Waals surface area contributed by atoms with Crippen molar-refractivity contribution in [2.45, 2.75) is 51.0 Å². The molecule has 23 heavy (non-hydrogen) atoms. The van der Waals surface area contributed by atoms with Crippen LogP contribution in [0.25, 0.3) is 0 Å². The summed E-state index contributed by atoms with van der Waals surface area (Å²) in [6.07, 6.45) is 6.56. The number of hydrogen-bond acceptors (Lipinski definition) is 4. The van der Waals surface area contributed by atoms with Crippen LogP contribution in [0.3, 0.4) is 0 Å². The molecule has 0 aliphatic heterocycles. The first kappa shape index (κ1) is 16.5. The van der Waals surface area contributed by atoms with Gasteiger partial charge in [0.25, 0.3) is 5.91 Å². The van der Waals surface area contributed by atoms with Gasteiger partial charge in [0.2, 0.25) is 5.91 Å². The predicted molar refractivity (Wildman–Crippen MR) is 89.7 cm³/mol. The van der Waals surface area contributed by atoms with Gasteiger partial charge in [-0.3, -0.25) is 9.59 Å². The molecule has 3 rings (SSSR count). The Morgan fingerprint density at radius 2 is 2.09 bits per heavy atom. The van der Waals surface area contributed by atoms with Crippen LogP contribution in [0.5, 0.6) is 0 Å². The van der Waals surface area contributed by atoms with Crippen LogP contribution in [0.1, 0.15) is 52.7 Å². The number of rotatable bonds is 6. The van der Waals surface area contributed by atoms with Crippen molar-refractivity contribution in [3.63, 3.8) is 0 Å². The summed E-state index contributed by atoms with van der Waals surface area (Å²) in [4.78, 5) is 26.3. The maximum absolute atomic E-state index is 12.2. The van der Waals surface area contributed by atoms with E-state index in [2.05, 4.69) is 10.6 Å². The Kier molecular flexibility index (Phi) is 4.73. The molecule has 3 N–H and O–H groups in total. The number of aliphatic hydroxyl groups is 1. The Bertz CT molecular complexity index is 585. The summed E-state index contributed by atoms with van der Waals surface area (Å²) in [6.45, 7) is 1.73. The van der Waals surface area contributed by atoms with E-state index in [-0.39, 0.29) is 25.0 Å². The molecule has 2 aliphatic rings. The summed E-state index contributed by atoms with van der Waals surface area (Å²) in [5, 5.41) is 15.0. The highest BCUT2D eigenvalue weighted by atomic mass is 32.1. The Morgan fingerprint density at radius 1 is 1.35 bits per heavy atom. The Balaban J connectivity index is 1.52. The second kappa shape index (κ2) is 6.61. The van der Waals surface area contributed by atoms with Gasteiger partial charge in [0, 0.05) is 4.88 Å². The number of carbonyl (C=O) groups excluding carboxylic acids is 2. The first-order chi connectivity index (χ1) is 11.0. The number of aryl methyl sites for hydroxylation is 2. The average molecular weight is 336 g/mol. The fraction of sp³-hybridized carbons (Fsp3) is 0.647. The number of carbonyl (C=O) groups is 2. The molecule has 1 atom stereocenters. The van der Waals surface area contributed by atoms with E-state index in [0.29, 0.717) is 10.8 Å². The van der Waals surface area contributed by atoms with Crippen molar-refractivity contribution < 1.29 is 14.7 Å². The summed E-state index contributed by atoms with van der Waals surface area (Å²) in [7, 11) is 0. The number of fused-ring (bicyclic) bond motifs is 1. The highest BCUT2D eigenvalue weighted by molar-refractivity contribution is 7.14. The van der Waals surface area contributed by atoms with Gasteiger partial charge in [-0.25, -0.2) is 0 Å². The largest absolute Gasteiger partial charge is 0.394 e. The summed E-state index contributed by atoms with van der Waals surface area (Å²) in [6, 6.07) is 1.97. The van der Waals surface area contributed by atoms with Crippen LogP contribution in [0.2, 0.25) is 0 Å². The lowest BCUT2D eigenvalue weighted by Crippen LogP contribution is -2.53. The Hall–Kier alpha value is -1.40. The highest BCUT2D eigenvalue weighted by Crippen LogP contribution is 2.39. The zero-order valence-electron chi connectivity index (χ0n) is 13.5. The van der Waals surface area contributed by atoms with Crippen LogP contribution < -0.4 is 10.6 Å². The molecular formula is C17H24N2O3S. The van der Waals surface area contributed by atoms with E-state index in [1.54, 1.807) is 11.3 Å². The number of amides is 2. The predicted octanol–water partition coefficient (Wildman–Crippen LogP) is 1.63. The van der Waals surface area contributed by atoms with Crippen LogP contribution in [0, 0.1) is 5.92 Å². The van der Waals surface area contributed by atoms with Gasteiger partial charge in [-0.2, -0.15) is 0 Å². The van der Waals surface area contributed by atoms with E-state index >= 15 is 0 Å². The Labute approximate surface area is 140 Å². The second-order valence-corrected chi connectivity index (χ2v) is 7.98. The molecule has 0 aromatic carbocycles. The molecule has 1 heterocycles. The van der Waals surface area contributed by atoms with Gasteiger partial charge < -0.3 is 15.7 Å². The number of thiophene rings is 1. The summed E-state index contributed by atoms with van der Waals surface area (Å²) in [5.41, 5.74) is 0.724. The van der Waals surface area contributed by atoms with Crippen LogP contribution in [0.15, 0.2) is 6.07 Å². The van der Waals surface area contributed by atoms with Gasteiger partial charge in [-0.05, 0) is 63.0 Å². The second-order valence-electron chi connectivity index (χ2n) is 6.85. The smallest absolute Gasteiger partial charge is 0.261 e. The van der Waals surface area contributed by atoms with Crippen molar-refractivity contribution in [2.75, 3.05) is 13.2 Å². The minimum Gasteiger partial charge on any atom is -0.394 e. The van der Waals surface area contributed by atoms with Crippen molar-refractivity contribution in [1.29, 1.82) is 0 Å². The van der Waals surface area contributed by atoms with E-state index < -0.39 is 5.54 Å². The third kappa shape index (κ3) is 3.75. The molecule has 2 aliphatic carbocycles. The minimum atomic E-state index is -0.566. The molecule has 1 fully saturated rings. The molecule has 1 aromatic heterocycles. The van der Waals surface area contributed by atoms with E-state index in [9.17, 15) is 14.7 Å². The molecule has 126 valence electrons.